The normalized spacial score (nSPS) is 16.3. The van der Waals surface area contributed by atoms with Gasteiger partial charge >= 0.3 is 0 Å². The van der Waals surface area contributed by atoms with E-state index in [2.05, 4.69) is 53.9 Å². The van der Waals surface area contributed by atoms with E-state index in [1.807, 2.05) is 25.1 Å². The van der Waals surface area contributed by atoms with Crippen LogP contribution in [0.4, 0.5) is 5.00 Å². The van der Waals surface area contributed by atoms with Crippen LogP contribution in [0.5, 0.6) is 0 Å². The third kappa shape index (κ3) is 4.46. The third-order valence-electron chi connectivity index (χ3n) is 7.53. The molecule has 7 heteroatoms. The van der Waals surface area contributed by atoms with E-state index in [1.54, 1.807) is 11.3 Å². The molecule has 2 unspecified atom stereocenters. The lowest BCUT2D eigenvalue weighted by molar-refractivity contribution is -0.115. The lowest BCUT2D eigenvalue weighted by Gasteiger charge is -2.22. The van der Waals surface area contributed by atoms with Crippen LogP contribution in [0.15, 0.2) is 58.8 Å². The van der Waals surface area contributed by atoms with E-state index in [4.69, 9.17) is 0 Å². The van der Waals surface area contributed by atoms with Gasteiger partial charge in [0.2, 0.25) is 5.91 Å². The molecule has 0 aliphatic heterocycles. The molecule has 2 aliphatic rings. The topological polar surface area (TPSA) is 76.7 Å². The molecule has 0 radical (unpaired) electrons. The number of nitriles is 2. The molecular formula is C31H25N3OS3. The number of benzene rings is 2. The Kier molecular flexibility index (Phi) is 6.84. The highest BCUT2D eigenvalue weighted by Crippen LogP contribution is 2.46. The lowest BCUT2D eigenvalue weighted by atomic mass is 9.83. The molecule has 2 heterocycles. The Morgan fingerprint density at radius 2 is 1.74 bits per heavy atom. The number of carbonyl (C=O) groups excluding carboxylic acids is 1. The summed E-state index contributed by atoms with van der Waals surface area (Å²) in [5.41, 5.74) is 7.32. The summed E-state index contributed by atoms with van der Waals surface area (Å²) in [4.78, 5) is 15.7. The van der Waals surface area contributed by atoms with Gasteiger partial charge in [0, 0.05) is 9.75 Å². The molecule has 0 spiro atoms. The highest BCUT2D eigenvalue weighted by Gasteiger charge is 2.30. The van der Waals surface area contributed by atoms with Gasteiger partial charge in [0.25, 0.3) is 0 Å². The molecule has 0 fully saturated rings. The predicted molar refractivity (Wildman–Crippen MR) is 156 cm³/mol. The molecule has 4 aromatic rings. The van der Waals surface area contributed by atoms with Crippen molar-refractivity contribution in [1.29, 1.82) is 10.5 Å². The van der Waals surface area contributed by atoms with Gasteiger partial charge in [0.15, 0.2) is 0 Å². The molecule has 2 atom stereocenters. The first-order chi connectivity index (χ1) is 18.6. The van der Waals surface area contributed by atoms with Crippen LogP contribution in [0, 0.1) is 22.7 Å². The van der Waals surface area contributed by atoms with Crippen molar-refractivity contribution >= 4 is 45.3 Å². The standard InChI is InChI=1S/C31H25N3OS3/c1-18(29(35)34-30-25(16-32)24-14-11-20-9-5-6-10-22(20)28(24)38-30)36-31-26(17-33)23-13-12-21(15-27(23)37-31)19-7-3-2-4-8-19/h2-10,18,21H,11-15H2,1H3,(H,34,35). The molecule has 4 nitrogen and oxygen atoms in total. The minimum Gasteiger partial charge on any atom is -0.316 e. The number of nitrogens with one attached hydrogen (secondary N) is 1. The number of amides is 1. The highest BCUT2D eigenvalue weighted by molar-refractivity contribution is 8.02. The van der Waals surface area contributed by atoms with Gasteiger partial charge in [-0.2, -0.15) is 10.5 Å². The van der Waals surface area contributed by atoms with Crippen molar-refractivity contribution in [3.63, 3.8) is 0 Å². The fourth-order valence-electron chi connectivity index (χ4n) is 5.54. The number of fused-ring (bicyclic) bond motifs is 4. The van der Waals surface area contributed by atoms with Crippen molar-refractivity contribution in [3.05, 3.63) is 92.9 Å². The Balaban J connectivity index is 1.21. The zero-order valence-electron chi connectivity index (χ0n) is 20.9. The van der Waals surface area contributed by atoms with Gasteiger partial charge in [-0.3, -0.25) is 4.79 Å². The third-order valence-corrected chi connectivity index (χ3v) is 11.3. The van der Waals surface area contributed by atoms with Crippen molar-refractivity contribution in [1.82, 2.24) is 0 Å². The van der Waals surface area contributed by atoms with Crippen LogP contribution in [0.25, 0.3) is 10.4 Å². The number of hydrogen-bond acceptors (Lipinski definition) is 6. The molecule has 38 heavy (non-hydrogen) atoms. The van der Waals surface area contributed by atoms with E-state index in [1.165, 1.54) is 39.1 Å². The summed E-state index contributed by atoms with van der Waals surface area (Å²) in [6, 6.07) is 23.7. The number of nitrogens with zero attached hydrogens (tertiary/aromatic N) is 2. The Labute approximate surface area is 235 Å². The molecule has 188 valence electrons. The number of carbonyl (C=O) groups is 1. The summed E-state index contributed by atoms with van der Waals surface area (Å²) in [6.07, 6.45) is 4.57. The number of thioether (sulfide) groups is 1. The van der Waals surface area contributed by atoms with Crippen LogP contribution in [-0.4, -0.2) is 11.2 Å². The van der Waals surface area contributed by atoms with Crippen molar-refractivity contribution in [2.24, 2.45) is 0 Å². The van der Waals surface area contributed by atoms with Crippen LogP contribution in [0.1, 0.15) is 57.5 Å². The molecule has 2 aliphatic carbocycles. The van der Waals surface area contributed by atoms with Gasteiger partial charge in [-0.15, -0.1) is 34.4 Å². The van der Waals surface area contributed by atoms with E-state index >= 15 is 0 Å². The van der Waals surface area contributed by atoms with E-state index in [-0.39, 0.29) is 5.91 Å². The molecule has 0 saturated heterocycles. The first-order valence-electron chi connectivity index (χ1n) is 12.8. The summed E-state index contributed by atoms with van der Waals surface area (Å²) >= 11 is 4.62. The average Bonchev–Trinajstić information content (AvgIpc) is 3.49. The van der Waals surface area contributed by atoms with Crippen LogP contribution in [0.2, 0.25) is 0 Å². The van der Waals surface area contributed by atoms with Crippen LogP contribution >= 0.6 is 34.4 Å². The number of rotatable bonds is 5. The molecule has 1 N–H and O–H groups in total. The summed E-state index contributed by atoms with van der Waals surface area (Å²) in [5, 5.41) is 23.2. The molecule has 0 bridgehead atoms. The minimum atomic E-state index is -0.398. The molecule has 2 aromatic carbocycles. The fourth-order valence-corrected chi connectivity index (χ4v) is 9.61. The quantitative estimate of drug-likeness (QED) is 0.258. The summed E-state index contributed by atoms with van der Waals surface area (Å²) in [7, 11) is 0. The molecule has 6 rings (SSSR count). The molecule has 1 amide bonds. The van der Waals surface area contributed by atoms with Crippen molar-refractivity contribution < 1.29 is 4.79 Å². The van der Waals surface area contributed by atoms with Gasteiger partial charge in [0.1, 0.15) is 17.1 Å². The van der Waals surface area contributed by atoms with E-state index in [0.29, 0.717) is 16.5 Å². The van der Waals surface area contributed by atoms with Crippen molar-refractivity contribution in [2.75, 3.05) is 5.32 Å². The second kappa shape index (κ2) is 10.4. The maximum atomic E-state index is 13.3. The maximum absolute atomic E-state index is 13.3. The number of anilines is 1. The first kappa shape index (κ1) is 24.9. The van der Waals surface area contributed by atoms with Crippen LogP contribution in [-0.2, 0) is 30.5 Å². The second-order valence-corrected chi connectivity index (χ2v) is 13.5. The molecule has 2 aromatic heterocycles. The smallest absolute Gasteiger partial charge is 0.238 e. The van der Waals surface area contributed by atoms with Crippen molar-refractivity contribution in [2.45, 2.75) is 54.4 Å². The summed E-state index contributed by atoms with van der Waals surface area (Å²) in [5.74, 6) is 0.322. The van der Waals surface area contributed by atoms with Gasteiger partial charge < -0.3 is 5.32 Å². The average molecular weight is 552 g/mol. The SMILES string of the molecule is CC(Sc1sc2c(c1C#N)CCC(c1ccccc1)C2)C(=O)Nc1sc2c(c1C#N)CCc1ccccc1-2. The Bertz CT molecular complexity index is 1620. The second-order valence-electron chi connectivity index (χ2n) is 9.76. The Morgan fingerprint density at radius 3 is 2.53 bits per heavy atom. The van der Waals surface area contributed by atoms with Gasteiger partial charge in [-0.05, 0) is 72.8 Å². The summed E-state index contributed by atoms with van der Waals surface area (Å²) in [6.45, 7) is 1.88. The molecular weight excluding hydrogens is 527 g/mol. The van der Waals surface area contributed by atoms with E-state index in [0.717, 1.165) is 63.4 Å². The number of hydrogen-bond donors (Lipinski definition) is 1. The van der Waals surface area contributed by atoms with Gasteiger partial charge in [-0.25, -0.2) is 0 Å². The number of thiophene rings is 2. The maximum Gasteiger partial charge on any atom is 0.238 e. The van der Waals surface area contributed by atoms with E-state index < -0.39 is 5.25 Å². The Morgan fingerprint density at radius 1 is 0.974 bits per heavy atom. The van der Waals surface area contributed by atoms with Crippen LogP contribution in [0.3, 0.4) is 0 Å². The minimum absolute atomic E-state index is 0.143. The summed E-state index contributed by atoms with van der Waals surface area (Å²) < 4.78 is 0.925. The highest BCUT2D eigenvalue weighted by atomic mass is 32.2. The first-order valence-corrected chi connectivity index (χ1v) is 15.3. The van der Waals surface area contributed by atoms with Crippen molar-refractivity contribution in [3.8, 4) is 22.6 Å². The lowest BCUT2D eigenvalue weighted by Crippen LogP contribution is -2.22. The van der Waals surface area contributed by atoms with Crippen LogP contribution < -0.4 is 5.32 Å². The zero-order chi connectivity index (χ0) is 26.2. The fraction of sp³-hybridized carbons (Fsp3) is 0.258. The van der Waals surface area contributed by atoms with Gasteiger partial charge in [0.05, 0.1) is 20.6 Å². The zero-order valence-corrected chi connectivity index (χ0v) is 23.4. The monoisotopic (exact) mass is 551 g/mol. The number of aryl methyl sites for hydroxylation is 1. The Hall–Kier alpha value is -3.36. The largest absolute Gasteiger partial charge is 0.316 e. The molecule has 0 saturated carbocycles. The van der Waals surface area contributed by atoms with Gasteiger partial charge in [-0.1, -0.05) is 54.6 Å². The van der Waals surface area contributed by atoms with E-state index in [9.17, 15) is 15.3 Å². The predicted octanol–water partition coefficient (Wildman–Crippen LogP) is 7.71.